The summed E-state index contributed by atoms with van der Waals surface area (Å²) >= 11 is 1.83. The molecule has 7 heteroatoms. The first-order valence-corrected chi connectivity index (χ1v) is 10.2. The van der Waals surface area contributed by atoms with E-state index in [2.05, 4.69) is 42.5 Å². The third-order valence-corrected chi connectivity index (χ3v) is 5.92. The molecule has 0 radical (unpaired) electrons. The van der Waals surface area contributed by atoms with Crippen molar-refractivity contribution in [3.05, 3.63) is 17.5 Å². The molecule has 0 aliphatic carbocycles. The van der Waals surface area contributed by atoms with Gasteiger partial charge in [-0.3, -0.25) is 4.99 Å². The summed E-state index contributed by atoms with van der Waals surface area (Å²) in [7, 11) is 1.90. The van der Waals surface area contributed by atoms with E-state index in [9.17, 15) is 0 Å². The van der Waals surface area contributed by atoms with E-state index >= 15 is 0 Å². The second-order valence-electron chi connectivity index (χ2n) is 6.66. The highest BCUT2D eigenvalue weighted by Crippen LogP contribution is 2.22. The minimum absolute atomic E-state index is 0. The fraction of sp³-hybridized carbons (Fsp3) is 0.722. The average molecular weight is 477 g/mol. The largest absolute Gasteiger partial charge is 0.360 e. The van der Waals surface area contributed by atoms with Gasteiger partial charge in [-0.15, -0.1) is 35.3 Å². The second-order valence-corrected chi connectivity index (χ2v) is 7.58. The number of unbranched alkanes of at least 4 members (excludes halogenated alkanes) is 1. The molecule has 25 heavy (non-hydrogen) atoms. The van der Waals surface area contributed by atoms with Crippen molar-refractivity contribution in [1.82, 2.24) is 15.1 Å². The fourth-order valence-corrected chi connectivity index (χ4v) is 4.37. The highest BCUT2D eigenvalue weighted by atomic mass is 127. The number of hydrogen-bond donors (Lipinski definition) is 1. The highest BCUT2D eigenvalue weighted by molar-refractivity contribution is 14.0. The Kier molecular flexibility index (Phi) is 9.33. The van der Waals surface area contributed by atoms with Crippen LogP contribution in [-0.4, -0.2) is 75.2 Å². The van der Waals surface area contributed by atoms with Crippen LogP contribution in [-0.2, 0) is 0 Å². The number of likely N-dealkylation sites (tertiary alicyclic amines) is 1. The topological polar surface area (TPSA) is 34.1 Å². The molecule has 5 nitrogen and oxygen atoms in total. The van der Waals surface area contributed by atoms with Crippen molar-refractivity contribution in [1.29, 1.82) is 0 Å². The van der Waals surface area contributed by atoms with Crippen molar-refractivity contribution in [2.75, 3.05) is 64.3 Å². The van der Waals surface area contributed by atoms with Gasteiger partial charge in [0, 0.05) is 39.8 Å². The van der Waals surface area contributed by atoms with Crippen molar-refractivity contribution in [3.8, 4) is 0 Å². The van der Waals surface area contributed by atoms with Gasteiger partial charge < -0.3 is 20.0 Å². The number of nitrogens with zero attached hydrogens (tertiary/aromatic N) is 4. The van der Waals surface area contributed by atoms with Crippen LogP contribution in [0.3, 0.4) is 0 Å². The van der Waals surface area contributed by atoms with E-state index < -0.39 is 0 Å². The van der Waals surface area contributed by atoms with Gasteiger partial charge in [0.25, 0.3) is 0 Å². The van der Waals surface area contributed by atoms with Crippen molar-refractivity contribution in [2.24, 2.45) is 4.99 Å². The van der Waals surface area contributed by atoms with Gasteiger partial charge in [0.15, 0.2) is 5.96 Å². The lowest BCUT2D eigenvalue weighted by Gasteiger charge is -2.37. The van der Waals surface area contributed by atoms with Crippen molar-refractivity contribution >= 4 is 46.3 Å². The maximum atomic E-state index is 4.48. The molecule has 0 saturated carbocycles. The lowest BCUT2D eigenvalue weighted by atomic mass is 10.3. The molecule has 0 bridgehead atoms. The molecule has 1 aromatic rings. The Morgan fingerprint density at radius 3 is 2.52 bits per heavy atom. The average Bonchev–Trinajstić information content (AvgIpc) is 3.32. The number of guanidine groups is 1. The Morgan fingerprint density at radius 1 is 1.12 bits per heavy atom. The number of thiophene rings is 1. The van der Waals surface area contributed by atoms with Gasteiger partial charge >= 0.3 is 0 Å². The van der Waals surface area contributed by atoms with Crippen molar-refractivity contribution in [2.45, 2.75) is 25.7 Å². The fourth-order valence-electron chi connectivity index (χ4n) is 3.59. The standard InChI is InChI=1S/C18H31N5S.HI/c1-19-18(20-8-2-3-9-21-10-4-5-11-21)23-14-12-22(13-15-23)17-7-6-16-24-17;/h6-7,16H,2-5,8-15H2,1H3,(H,19,20);1H. The highest BCUT2D eigenvalue weighted by Gasteiger charge is 2.20. The van der Waals surface area contributed by atoms with Gasteiger partial charge in [-0.1, -0.05) is 0 Å². The smallest absolute Gasteiger partial charge is 0.193 e. The van der Waals surface area contributed by atoms with E-state index in [-0.39, 0.29) is 24.0 Å². The summed E-state index contributed by atoms with van der Waals surface area (Å²) < 4.78 is 0. The number of halogens is 1. The van der Waals surface area contributed by atoms with E-state index in [0.717, 1.165) is 38.7 Å². The number of nitrogens with one attached hydrogen (secondary N) is 1. The van der Waals surface area contributed by atoms with Crippen molar-refractivity contribution < 1.29 is 0 Å². The first kappa shape index (κ1) is 20.8. The molecule has 142 valence electrons. The molecule has 2 aliphatic rings. The van der Waals surface area contributed by atoms with Crippen LogP contribution in [0.1, 0.15) is 25.7 Å². The molecule has 0 spiro atoms. The Morgan fingerprint density at radius 2 is 1.88 bits per heavy atom. The lowest BCUT2D eigenvalue weighted by Crippen LogP contribution is -2.52. The molecule has 0 amide bonds. The molecule has 3 heterocycles. The zero-order chi connectivity index (χ0) is 16.6. The van der Waals surface area contributed by atoms with E-state index in [1.54, 1.807) is 0 Å². The van der Waals surface area contributed by atoms with Crippen LogP contribution >= 0.6 is 35.3 Å². The monoisotopic (exact) mass is 477 g/mol. The van der Waals surface area contributed by atoms with Crippen LogP contribution in [0, 0.1) is 0 Å². The third kappa shape index (κ3) is 6.29. The predicted octanol–water partition coefficient (Wildman–Crippen LogP) is 2.94. The summed E-state index contributed by atoms with van der Waals surface area (Å²) in [5.41, 5.74) is 0. The normalized spacial score (nSPS) is 19.2. The molecule has 2 saturated heterocycles. The van der Waals surface area contributed by atoms with E-state index in [4.69, 9.17) is 0 Å². The lowest BCUT2D eigenvalue weighted by molar-refractivity contribution is 0.329. The van der Waals surface area contributed by atoms with Crippen LogP contribution < -0.4 is 10.2 Å². The summed E-state index contributed by atoms with van der Waals surface area (Å²) in [6.45, 7) is 9.17. The molecule has 1 aromatic heterocycles. The minimum Gasteiger partial charge on any atom is -0.360 e. The Labute approximate surface area is 173 Å². The van der Waals surface area contributed by atoms with Crippen molar-refractivity contribution in [3.63, 3.8) is 0 Å². The molecular weight excluding hydrogens is 445 g/mol. The molecule has 1 N–H and O–H groups in total. The molecule has 2 aliphatic heterocycles. The molecule has 0 atom stereocenters. The van der Waals surface area contributed by atoms with Gasteiger partial charge in [-0.25, -0.2) is 0 Å². The zero-order valence-electron chi connectivity index (χ0n) is 15.3. The Hall–Kier alpha value is -0.540. The number of piperazine rings is 1. The number of anilines is 1. The molecule has 0 unspecified atom stereocenters. The van der Waals surface area contributed by atoms with Crippen LogP contribution in [0.15, 0.2) is 22.5 Å². The summed E-state index contributed by atoms with van der Waals surface area (Å²) in [5.74, 6) is 1.07. The van der Waals surface area contributed by atoms with Crippen LogP contribution in [0.5, 0.6) is 0 Å². The maximum Gasteiger partial charge on any atom is 0.193 e. The van der Waals surface area contributed by atoms with E-state index in [1.165, 1.54) is 50.3 Å². The van der Waals surface area contributed by atoms with Gasteiger partial charge in [0.05, 0.1) is 5.00 Å². The van der Waals surface area contributed by atoms with E-state index in [1.807, 2.05) is 18.4 Å². The molecule has 0 aromatic carbocycles. The number of hydrogen-bond acceptors (Lipinski definition) is 4. The van der Waals surface area contributed by atoms with Crippen LogP contribution in [0.4, 0.5) is 5.00 Å². The van der Waals surface area contributed by atoms with Gasteiger partial charge in [0.1, 0.15) is 0 Å². The summed E-state index contributed by atoms with van der Waals surface area (Å²) in [5, 5.41) is 7.10. The van der Waals surface area contributed by atoms with Crippen LogP contribution in [0.25, 0.3) is 0 Å². The first-order valence-electron chi connectivity index (χ1n) is 9.33. The summed E-state index contributed by atoms with van der Waals surface area (Å²) in [6.07, 6.45) is 5.30. The first-order chi connectivity index (χ1) is 11.9. The number of rotatable bonds is 6. The molecule has 3 rings (SSSR count). The summed E-state index contributed by atoms with van der Waals surface area (Å²) in [6, 6.07) is 4.35. The maximum absolute atomic E-state index is 4.48. The Bertz CT molecular complexity index is 494. The van der Waals surface area contributed by atoms with E-state index in [0.29, 0.717) is 0 Å². The molecular formula is C18H32IN5S. The SMILES string of the molecule is CN=C(NCCCCN1CCCC1)N1CCN(c2cccs2)CC1.I. The number of aliphatic imine (C=N–C) groups is 1. The third-order valence-electron chi connectivity index (χ3n) is 4.99. The van der Waals surface area contributed by atoms with Gasteiger partial charge in [0.2, 0.25) is 0 Å². The zero-order valence-corrected chi connectivity index (χ0v) is 18.5. The van der Waals surface area contributed by atoms with Gasteiger partial charge in [-0.2, -0.15) is 0 Å². The van der Waals surface area contributed by atoms with Crippen LogP contribution in [0.2, 0.25) is 0 Å². The molecule has 2 fully saturated rings. The van der Waals surface area contributed by atoms with Gasteiger partial charge in [-0.05, 0) is 62.8 Å². The minimum atomic E-state index is 0. The second kappa shape index (κ2) is 11.2. The summed E-state index contributed by atoms with van der Waals surface area (Å²) in [4.78, 5) is 11.9. The quantitative estimate of drug-likeness (QED) is 0.296. The predicted molar refractivity (Wildman–Crippen MR) is 120 cm³/mol. The Balaban J connectivity index is 0.00000225.